The third-order valence-corrected chi connectivity index (χ3v) is 4.42. The number of benzene rings is 1. The van der Waals surface area contributed by atoms with Gasteiger partial charge in [-0.15, -0.1) is 11.3 Å². The predicted octanol–water partition coefficient (Wildman–Crippen LogP) is 4.01. The van der Waals surface area contributed by atoms with Crippen molar-refractivity contribution >= 4 is 51.0 Å². The highest BCUT2D eigenvalue weighted by Crippen LogP contribution is 2.20. The molecule has 120 valence electrons. The normalized spacial score (nSPS) is 10.7. The number of hydrogen-bond donors (Lipinski definition) is 2. The maximum absolute atomic E-state index is 12.0. The summed E-state index contributed by atoms with van der Waals surface area (Å²) in [6.45, 7) is 1.95. The molecule has 0 atom stereocenters. The molecule has 23 heavy (non-hydrogen) atoms. The average Bonchev–Trinajstić information content (AvgIpc) is 2.93. The molecule has 0 aliphatic carbocycles. The summed E-state index contributed by atoms with van der Waals surface area (Å²) in [5, 5.41) is 6.69. The van der Waals surface area contributed by atoms with Gasteiger partial charge in [0.15, 0.2) is 0 Å². The fourth-order valence-corrected chi connectivity index (χ4v) is 3.07. The number of nitrogens with zero attached hydrogens (tertiary/aromatic N) is 1. The van der Waals surface area contributed by atoms with Gasteiger partial charge in [-0.2, -0.15) is 5.10 Å². The Hall–Kier alpha value is -1.99. The molecule has 0 bridgehead atoms. The third-order valence-electron chi connectivity index (χ3n) is 2.86. The Labute approximate surface area is 146 Å². The van der Waals surface area contributed by atoms with Crippen molar-refractivity contribution < 1.29 is 9.59 Å². The first kappa shape index (κ1) is 17.4. The molecule has 2 rings (SSSR count). The molecule has 7 heteroatoms. The molecule has 1 aromatic heterocycles. The highest BCUT2D eigenvalue weighted by Gasteiger charge is 2.05. The van der Waals surface area contributed by atoms with Crippen LogP contribution in [-0.4, -0.2) is 18.0 Å². The number of hydrogen-bond acceptors (Lipinski definition) is 4. The lowest BCUT2D eigenvalue weighted by molar-refractivity contribution is -0.116. The van der Waals surface area contributed by atoms with Gasteiger partial charge in [-0.1, -0.05) is 6.92 Å². The van der Waals surface area contributed by atoms with Gasteiger partial charge in [-0.25, -0.2) is 5.43 Å². The van der Waals surface area contributed by atoms with Gasteiger partial charge in [0.25, 0.3) is 5.91 Å². The van der Waals surface area contributed by atoms with Crippen LogP contribution in [0, 0.1) is 0 Å². The van der Waals surface area contributed by atoms with Crippen LogP contribution in [0.5, 0.6) is 0 Å². The molecule has 0 fully saturated rings. The number of hydrazone groups is 1. The molecule has 0 unspecified atom stereocenters. The van der Waals surface area contributed by atoms with Crippen molar-refractivity contribution in [1.82, 2.24) is 5.43 Å². The zero-order chi connectivity index (χ0) is 16.7. The number of amides is 2. The first-order valence-electron chi connectivity index (χ1n) is 7.07. The molecule has 0 aliphatic rings. The number of carbonyl (C=O) groups excluding carboxylic acids is 2. The second kappa shape index (κ2) is 8.59. The van der Waals surface area contributed by atoms with E-state index >= 15 is 0 Å². The maximum atomic E-state index is 12.0. The molecular weight excluding hydrogens is 378 g/mol. The standard InChI is InChI=1S/C16H16BrN3O2S/c1-2-3-15(21)19-12-6-4-11(5-7-12)16(22)20-18-10-13-8-9-14(17)23-13/h4-10H,2-3H2,1H3,(H,19,21)(H,20,22)/b18-10+. The predicted molar refractivity (Wildman–Crippen MR) is 97.1 cm³/mol. The van der Waals surface area contributed by atoms with Crippen LogP contribution < -0.4 is 10.7 Å². The van der Waals surface area contributed by atoms with E-state index in [1.165, 1.54) is 11.3 Å². The fourth-order valence-electron chi connectivity index (χ4n) is 1.77. The first-order chi connectivity index (χ1) is 11.1. The number of rotatable bonds is 6. The van der Waals surface area contributed by atoms with E-state index in [-0.39, 0.29) is 11.8 Å². The van der Waals surface area contributed by atoms with Crippen molar-refractivity contribution in [1.29, 1.82) is 0 Å². The lowest BCUT2D eigenvalue weighted by Crippen LogP contribution is -2.17. The molecular formula is C16H16BrN3O2S. The van der Waals surface area contributed by atoms with E-state index in [1.54, 1.807) is 30.5 Å². The van der Waals surface area contributed by atoms with Gasteiger partial charge < -0.3 is 5.32 Å². The molecule has 2 N–H and O–H groups in total. The van der Waals surface area contributed by atoms with Crippen LogP contribution in [0.25, 0.3) is 0 Å². The Morgan fingerprint density at radius 1 is 1.22 bits per heavy atom. The van der Waals surface area contributed by atoms with Crippen LogP contribution in [0.4, 0.5) is 5.69 Å². The van der Waals surface area contributed by atoms with E-state index in [0.717, 1.165) is 15.1 Å². The molecule has 2 amide bonds. The largest absolute Gasteiger partial charge is 0.326 e. The minimum Gasteiger partial charge on any atom is -0.326 e. The van der Waals surface area contributed by atoms with Crippen molar-refractivity contribution in [3.63, 3.8) is 0 Å². The van der Waals surface area contributed by atoms with E-state index in [1.807, 2.05) is 19.1 Å². The fraction of sp³-hybridized carbons (Fsp3) is 0.188. The van der Waals surface area contributed by atoms with E-state index < -0.39 is 0 Å². The molecule has 1 aromatic carbocycles. The van der Waals surface area contributed by atoms with Crippen LogP contribution in [0.3, 0.4) is 0 Å². The van der Waals surface area contributed by atoms with E-state index in [4.69, 9.17) is 0 Å². The summed E-state index contributed by atoms with van der Waals surface area (Å²) >= 11 is 4.89. The summed E-state index contributed by atoms with van der Waals surface area (Å²) in [5.74, 6) is -0.334. The summed E-state index contributed by atoms with van der Waals surface area (Å²) in [5.41, 5.74) is 3.62. The molecule has 0 aliphatic heterocycles. The second-order valence-corrected chi connectivity index (χ2v) is 7.21. The van der Waals surface area contributed by atoms with Gasteiger partial charge in [0.2, 0.25) is 5.91 Å². The molecule has 0 saturated heterocycles. The van der Waals surface area contributed by atoms with Gasteiger partial charge >= 0.3 is 0 Å². The molecule has 0 radical (unpaired) electrons. The Kier molecular flexibility index (Phi) is 6.49. The van der Waals surface area contributed by atoms with E-state index in [0.29, 0.717) is 17.7 Å². The van der Waals surface area contributed by atoms with Crippen molar-refractivity contribution in [3.8, 4) is 0 Å². The monoisotopic (exact) mass is 393 g/mol. The van der Waals surface area contributed by atoms with Crippen molar-refractivity contribution in [2.24, 2.45) is 5.10 Å². The van der Waals surface area contributed by atoms with E-state index in [9.17, 15) is 9.59 Å². The topological polar surface area (TPSA) is 70.6 Å². The lowest BCUT2D eigenvalue weighted by atomic mass is 10.2. The number of anilines is 1. The van der Waals surface area contributed by atoms with Gasteiger partial charge in [0.05, 0.1) is 10.0 Å². The van der Waals surface area contributed by atoms with Crippen molar-refractivity contribution in [2.45, 2.75) is 19.8 Å². The Morgan fingerprint density at radius 2 is 1.96 bits per heavy atom. The summed E-state index contributed by atoms with van der Waals surface area (Å²) in [7, 11) is 0. The van der Waals surface area contributed by atoms with Crippen LogP contribution in [0.1, 0.15) is 35.0 Å². The van der Waals surface area contributed by atoms with Crippen molar-refractivity contribution in [2.75, 3.05) is 5.32 Å². The van der Waals surface area contributed by atoms with Crippen LogP contribution in [0.15, 0.2) is 45.3 Å². The average molecular weight is 394 g/mol. The lowest BCUT2D eigenvalue weighted by Gasteiger charge is -2.05. The van der Waals surface area contributed by atoms with Crippen LogP contribution in [0.2, 0.25) is 0 Å². The Morgan fingerprint density at radius 3 is 2.57 bits per heavy atom. The zero-order valence-corrected chi connectivity index (χ0v) is 14.9. The van der Waals surface area contributed by atoms with Gasteiger partial charge in [-0.3, -0.25) is 9.59 Å². The summed E-state index contributed by atoms with van der Waals surface area (Å²) in [6, 6.07) is 10.5. The van der Waals surface area contributed by atoms with Crippen LogP contribution >= 0.6 is 27.3 Å². The van der Waals surface area contributed by atoms with Crippen LogP contribution in [-0.2, 0) is 4.79 Å². The minimum atomic E-state index is -0.302. The zero-order valence-electron chi connectivity index (χ0n) is 12.5. The highest BCUT2D eigenvalue weighted by atomic mass is 79.9. The SMILES string of the molecule is CCCC(=O)Nc1ccc(C(=O)N/N=C/c2ccc(Br)s2)cc1. The highest BCUT2D eigenvalue weighted by molar-refractivity contribution is 9.11. The maximum Gasteiger partial charge on any atom is 0.271 e. The van der Waals surface area contributed by atoms with Gasteiger partial charge in [0.1, 0.15) is 0 Å². The number of nitrogens with one attached hydrogen (secondary N) is 2. The Bertz CT molecular complexity index is 710. The molecule has 0 spiro atoms. The third kappa shape index (κ3) is 5.61. The van der Waals surface area contributed by atoms with Gasteiger partial charge in [0, 0.05) is 22.5 Å². The minimum absolute atomic E-state index is 0.0311. The number of carbonyl (C=O) groups is 2. The van der Waals surface area contributed by atoms with E-state index in [2.05, 4.69) is 31.8 Å². The molecule has 0 saturated carbocycles. The Balaban J connectivity index is 1.89. The number of halogens is 1. The number of thiophene rings is 1. The quantitative estimate of drug-likeness (QED) is 0.574. The molecule has 2 aromatic rings. The summed E-state index contributed by atoms with van der Waals surface area (Å²) < 4.78 is 1.01. The second-order valence-electron chi connectivity index (χ2n) is 4.72. The molecule has 1 heterocycles. The molecule has 5 nitrogen and oxygen atoms in total. The summed E-state index contributed by atoms with van der Waals surface area (Å²) in [4.78, 5) is 24.4. The summed E-state index contributed by atoms with van der Waals surface area (Å²) in [6.07, 6.45) is 2.87. The first-order valence-corrected chi connectivity index (χ1v) is 8.68. The van der Waals surface area contributed by atoms with Crippen molar-refractivity contribution in [3.05, 3.63) is 50.6 Å². The van der Waals surface area contributed by atoms with Gasteiger partial charge in [-0.05, 0) is 58.7 Å². The smallest absolute Gasteiger partial charge is 0.271 e.